The van der Waals surface area contributed by atoms with Crippen molar-refractivity contribution in [1.29, 1.82) is 0 Å². The Kier molecular flexibility index (Phi) is 6.54. The first-order valence-electron chi connectivity index (χ1n) is 6.89. The van der Waals surface area contributed by atoms with Crippen molar-refractivity contribution in [2.24, 2.45) is 0 Å². The van der Waals surface area contributed by atoms with Crippen LogP contribution in [-0.2, 0) is 0 Å². The van der Waals surface area contributed by atoms with Crippen molar-refractivity contribution in [3.05, 3.63) is 34.9 Å². The van der Waals surface area contributed by atoms with E-state index in [-0.39, 0.29) is 0 Å². The van der Waals surface area contributed by atoms with Crippen molar-refractivity contribution in [2.45, 2.75) is 53.0 Å². The monoisotopic (exact) mass is 243 g/mol. The van der Waals surface area contributed by atoms with Crippen LogP contribution in [0.3, 0.4) is 0 Å². The topological polar surface area (TPSA) is 12.0 Å². The van der Waals surface area contributed by atoms with E-state index in [0.29, 0.717) is 6.04 Å². The van der Waals surface area contributed by atoms with Gasteiger partial charge >= 0.3 is 0 Å². The first-order valence-corrected chi connectivity index (χ1v) is 6.89. The Hall–Kier alpha value is -1.26. The zero-order valence-corrected chi connectivity index (χ0v) is 12.1. The number of benzene rings is 1. The first kappa shape index (κ1) is 14.8. The summed E-state index contributed by atoms with van der Waals surface area (Å²) < 4.78 is 0. The fraction of sp³-hybridized carbons (Fsp3) is 0.529. The summed E-state index contributed by atoms with van der Waals surface area (Å²) in [4.78, 5) is 0. The predicted molar refractivity (Wildman–Crippen MR) is 79.6 cm³/mol. The highest BCUT2D eigenvalue weighted by molar-refractivity contribution is 5.33. The number of aryl methyl sites for hydroxylation is 2. The fourth-order valence-electron chi connectivity index (χ4n) is 2.16. The van der Waals surface area contributed by atoms with Crippen molar-refractivity contribution in [1.82, 2.24) is 5.32 Å². The molecule has 1 aromatic carbocycles. The molecule has 0 aromatic heterocycles. The van der Waals surface area contributed by atoms with Crippen molar-refractivity contribution < 1.29 is 0 Å². The average molecular weight is 243 g/mol. The standard InChI is InChI=1S/C17H25N/c1-5-7-8-9-17(18-12-6-2)16-13-14(3)10-11-15(16)4/h10-11,13,17-18H,6,8-9,12H2,1-4H3. The Morgan fingerprint density at radius 3 is 2.72 bits per heavy atom. The minimum absolute atomic E-state index is 0.436. The molecule has 0 fully saturated rings. The zero-order valence-electron chi connectivity index (χ0n) is 12.1. The van der Waals surface area contributed by atoms with E-state index < -0.39 is 0 Å². The Morgan fingerprint density at radius 2 is 2.06 bits per heavy atom. The highest BCUT2D eigenvalue weighted by atomic mass is 14.9. The van der Waals surface area contributed by atoms with E-state index in [2.05, 4.69) is 56.1 Å². The third kappa shape index (κ3) is 4.55. The summed E-state index contributed by atoms with van der Waals surface area (Å²) in [5.74, 6) is 6.15. The molecule has 1 aromatic rings. The quantitative estimate of drug-likeness (QED) is 0.740. The van der Waals surface area contributed by atoms with Crippen LogP contribution in [0.15, 0.2) is 18.2 Å². The molecule has 0 bridgehead atoms. The zero-order chi connectivity index (χ0) is 13.4. The molecule has 0 radical (unpaired) electrons. The molecular formula is C17H25N. The Bertz CT molecular complexity index is 423. The van der Waals surface area contributed by atoms with Crippen LogP contribution in [0, 0.1) is 25.7 Å². The molecule has 0 saturated heterocycles. The second-order valence-corrected chi connectivity index (χ2v) is 4.83. The van der Waals surface area contributed by atoms with Gasteiger partial charge < -0.3 is 5.32 Å². The summed E-state index contributed by atoms with van der Waals surface area (Å²) in [6.45, 7) is 9.54. The molecule has 0 saturated carbocycles. The lowest BCUT2D eigenvalue weighted by Crippen LogP contribution is -2.23. The minimum atomic E-state index is 0.436. The normalized spacial score (nSPS) is 11.8. The summed E-state index contributed by atoms with van der Waals surface area (Å²) in [5.41, 5.74) is 4.14. The van der Waals surface area contributed by atoms with Gasteiger partial charge in [0, 0.05) is 12.5 Å². The largest absolute Gasteiger partial charge is 0.310 e. The van der Waals surface area contributed by atoms with Crippen LogP contribution in [0.1, 0.15) is 55.8 Å². The van der Waals surface area contributed by atoms with Gasteiger partial charge in [0.05, 0.1) is 0 Å². The van der Waals surface area contributed by atoms with Gasteiger partial charge in [-0.25, -0.2) is 0 Å². The van der Waals surface area contributed by atoms with Gasteiger partial charge in [0.25, 0.3) is 0 Å². The Morgan fingerprint density at radius 1 is 1.28 bits per heavy atom. The maximum Gasteiger partial charge on any atom is 0.0332 e. The van der Waals surface area contributed by atoms with E-state index in [9.17, 15) is 0 Å². The van der Waals surface area contributed by atoms with Crippen molar-refractivity contribution in [3.8, 4) is 11.8 Å². The van der Waals surface area contributed by atoms with Gasteiger partial charge in [-0.05, 0) is 51.3 Å². The van der Waals surface area contributed by atoms with Gasteiger partial charge in [0.2, 0.25) is 0 Å². The molecule has 0 amide bonds. The SMILES string of the molecule is CC#CCCC(NCCC)c1cc(C)ccc1C. The lowest BCUT2D eigenvalue weighted by molar-refractivity contribution is 0.503. The van der Waals surface area contributed by atoms with Crippen LogP contribution < -0.4 is 5.32 Å². The highest BCUT2D eigenvalue weighted by Gasteiger charge is 2.12. The molecule has 18 heavy (non-hydrogen) atoms. The second kappa shape index (κ2) is 7.95. The van der Waals surface area contributed by atoms with Crippen LogP contribution in [0.5, 0.6) is 0 Å². The molecule has 1 N–H and O–H groups in total. The van der Waals surface area contributed by atoms with Crippen molar-refractivity contribution in [3.63, 3.8) is 0 Å². The van der Waals surface area contributed by atoms with E-state index in [4.69, 9.17) is 0 Å². The molecule has 1 nitrogen and oxygen atoms in total. The summed E-state index contributed by atoms with van der Waals surface area (Å²) >= 11 is 0. The smallest absolute Gasteiger partial charge is 0.0332 e. The molecule has 0 heterocycles. The van der Waals surface area contributed by atoms with E-state index in [1.165, 1.54) is 23.1 Å². The van der Waals surface area contributed by atoms with Gasteiger partial charge in [-0.15, -0.1) is 11.8 Å². The number of hydrogen-bond acceptors (Lipinski definition) is 1. The van der Waals surface area contributed by atoms with Gasteiger partial charge in [0.1, 0.15) is 0 Å². The van der Waals surface area contributed by atoms with Crippen LogP contribution in [-0.4, -0.2) is 6.54 Å². The van der Waals surface area contributed by atoms with E-state index in [1.54, 1.807) is 0 Å². The predicted octanol–water partition coefficient (Wildman–Crippen LogP) is 4.15. The summed E-state index contributed by atoms with van der Waals surface area (Å²) in [6, 6.07) is 7.14. The van der Waals surface area contributed by atoms with Crippen LogP contribution >= 0.6 is 0 Å². The number of rotatable bonds is 6. The van der Waals surface area contributed by atoms with Gasteiger partial charge in [0.15, 0.2) is 0 Å². The maximum absolute atomic E-state index is 3.64. The Balaban J connectivity index is 2.84. The summed E-state index contributed by atoms with van der Waals surface area (Å²) in [7, 11) is 0. The molecule has 98 valence electrons. The molecule has 0 aliphatic carbocycles. The van der Waals surface area contributed by atoms with Gasteiger partial charge in [-0.3, -0.25) is 0 Å². The molecule has 0 aliphatic rings. The van der Waals surface area contributed by atoms with E-state index >= 15 is 0 Å². The molecule has 0 aliphatic heterocycles. The molecular weight excluding hydrogens is 218 g/mol. The number of hydrogen-bond donors (Lipinski definition) is 1. The summed E-state index contributed by atoms with van der Waals surface area (Å²) in [6.07, 6.45) is 3.22. The highest BCUT2D eigenvalue weighted by Crippen LogP contribution is 2.23. The molecule has 0 spiro atoms. The lowest BCUT2D eigenvalue weighted by Gasteiger charge is -2.20. The Labute approximate surface area is 112 Å². The average Bonchev–Trinajstić information content (AvgIpc) is 2.37. The number of nitrogens with one attached hydrogen (secondary N) is 1. The van der Waals surface area contributed by atoms with Gasteiger partial charge in [-0.2, -0.15) is 0 Å². The van der Waals surface area contributed by atoms with E-state index in [1.807, 2.05) is 6.92 Å². The molecule has 1 atom stereocenters. The first-order chi connectivity index (χ1) is 8.69. The van der Waals surface area contributed by atoms with Crippen molar-refractivity contribution >= 4 is 0 Å². The molecule has 1 rings (SSSR count). The minimum Gasteiger partial charge on any atom is -0.310 e. The maximum atomic E-state index is 3.64. The summed E-state index contributed by atoms with van der Waals surface area (Å²) in [5, 5.41) is 3.64. The lowest BCUT2D eigenvalue weighted by atomic mass is 9.95. The third-order valence-corrected chi connectivity index (χ3v) is 3.19. The third-order valence-electron chi connectivity index (χ3n) is 3.19. The molecule has 1 unspecified atom stereocenters. The molecule has 1 heteroatoms. The van der Waals surface area contributed by atoms with Crippen molar-refractivity contribution in [2.75, 3.05) is 6.54 Å². The van der Waals surface area contributed by atoms with Crippen LogP contribution in [0.25, 0.3) is 0 Å². The van der Waals surface area contributed by atoms with Crippen LogP contribution in [0.4, 0.5) is 0 Å². The van der Waals surface area contributed by atoms with E-state index in [0.717, 1.165) is 19.4 Å². The van der Waals surface area contributed by atoms with Gasteiger partial charge in [-0.1, -0.05) is 30.7 Å². The fourth-order valence-corrected chi connectivity index (χ4v) is 2.16. The second-order valence-electron chi connectivity index (χ2n) is 4.83. The van der Waals surface area contributed by atoms with Crippen LogP contribution in [0.2, 0.25) is 0 Å².